The third-order valence-electron chi connectivity index (χ3n) is 5.89. The average molecular weight is 425 g/mol. The molecule has 6 heteroatoms. The predicted octanol–water partition coefficient (Wildman–Crippen LogP) is 5.33. The van der Waals surface area contributed by atoms with Gasteiger partial charge in [-0.15, -0.1) is 0 Å². The molecule has 1 rings (SSSR count). The minimum atomic E-state index is -0.108. The molecule has 0 aromatic heterocycles. The summed E-state index contributed by atoms with van der Waals surface area (Å²) in [7, 11) is 0. The fraction of sp³-hybridized carbons (Fsp3) is 0.917. The molecule has 0 heterocycles. The molecule has 0 spiro atoms. The van der Waals surface area contributed by atoms with E-state index in [4.69, 9.17) is 0 Å². The molecule has 176 valence electrons. The molecular formula is C24H48N4O2. The van der Waals surface area contributed by atoms with Crippen molar-refractivity contribution in [3.8, 4) is 0 Å². The van der Waals surface area contributed by atoms with Crippen LogP contribution < -0.4 is 21.3 Å². The SMILES string of the molecule is CC(C)CCCCCNC(=O)N[C@@H]1CCCC[C@H]1NC(=O)NCCCCCC(C)C. The van der Waals surface area contributed by atoms with E-state index in [0.29, 0.717) is 13.1 Å². The van der Waals surface area contributed by atoms with Crippen LogP contribution in [0.1, 0.15) is 105 Å². The molecule has 0 unspecified atom stereocenters. The maximum absolute atomic E-state index is 12.3. The van der Waals surface area contributed by atoms with E-state index < -0.39 is 0 Å². The van der Waals surface area contributed by atoms with E-state index in [0.717, 1.165) is 63.2 Å². The Hall–Kier alpha value is -1.46. The summed E-state index contributed by atoms with van der Waals surface area (Å²) < 4.78 is 0. The molecule has 1 aliphatic carbocycles. The quantitative estimate of drug-likeness (QED) is 0.284. The van der Waals surface area contributed by atoms with E-state index in [9.17, 15) is 9.59 Å². The van der Waals surface area contributed by atoms with Gasteiger partial charge in [-0.05, 0) is 37.5 Å². The Morgan fingerprint density at radius 2 is 1.07 bits per heavy atom. The number of urea groups is 2. The van der Waals surface area contributed by atoms with Gasteiger partial charge in [0.25, 0.3) is 0 Å². The Morgan fingerprint density at radius 1 is 0.667 bits per heavy atom. The molecule has 0 bridgehead atoms. The Balaban J connectivity index is 2.20. The second-order valence-corrected chi connectivity index (χ2v) is 9.78. The third-order valence-corrected chi connectivity index (χ3v) is 5.89. The summed E-state index contributed by atoms with van der Waals surface area (Å²) in [6.07, 6.45) is 13.3. The first-order chi connectivity index (χ1) is 14.4. The Labute approximate surface area is 185 Å². The van der Waals surface area contributed by atoms with E-state index in [-0.39, 0.29) is 24.1 Å². The van der Waals surface area contributed by atoms with Crippen LogP contribution in [0.2, 0.25) is 0 Å². The number of hydrogen-bond acceptors (Lipinski definition) is 2. The van der Waals surface area contributed by atoms with Gasteiger partial charge in [0.1, 0.15) is 0 Å². The van der Waals surface area contributed by atoms with Crippen molar-refractivity contribution in [3.05, 3.63) is 0 Å². The Morgan fingerprint density at radius 3 is 1.43 bits per heavy atom. The van der Waals surface area contributed by atoms with Crippen molar-refractivity contribution in [2.75, 3.05) is 13.1 Å². The molecular weight excluding hydrogens is 376 g/mol. The molecule has 1 aliphatic rings. The molecule has 4 amide bonds. The van der Waals surface area contributed by atoms with Crippen molar-refractivity contribution in [2.45, 2.75) is 117 Å². The summed E-state index contributed by atoms with van der Waals surface area (Å²) in [5.41, 5.74) is 0. The van der Waals surface area contributed by atoms with Crippen molar-refractivity contribution < 1.29 is 9.59 Å². The van der Waals surface area contributed by atoms with E-state index >= 15 is 0 Å². The zero-order valence-electron chi connectivity index (χ0n) is 20.0. The maximum atomic E-state index is 12.3. The van der Waals surface area contributed by atoms with E-state index in [1.165, 1.54) is 25.7 Å². The lowest BCUT2D eigenvalue weighted by molar-refractivity contribution is 0.213. The molecule has 0 saturated heterocycles. The predicted molar refractivity (Wildman–Crippen MR) is 126 cm³/mol. The van der Waals surface area contributed by atoms with Crippen molar-refractivity contribution >= 4 is 12.1 Å². The van der Waals surface area contributed by atoms with Gasteiger partial charge in [0, 0.05) is 13.1 Å². The van der Waals surface area contributed by atoms with Gasteiger partial charge in [0.05, 0.1) is 12.1 Å². The topological polar surface area (TPSA) is 82.3 Å². The maximum Gasteiger partial charge on any atom is 0.315 e. The first-order valence-electron chi connectivity index (χ1n) is 12.5. The van der Waals surface area contributed by atoms with Crippen LogP contribution in [0, 0.1) is 11.8 Å². The van der Waals surface area contributed by atoms with Crippen molar-refractivity contribution in [2.24, 2.45) is 11.8 Å². The number of carbonyl (C=O) groups is 2. The number of amides is 4. The molecule has 0 radical (unpaired) electrons. The van der Waals surface area contributed by atoms with Crippen LogP contribution in [0.3, 0.4) is 0 Å². The molecule has 30 heavy (non-hydrogen) atoms. The van der Waals surface area contributed by atoms with Crippen LogP contribution in [-0.2, 0) is 0 Å². The van der Waals surface area contributed by atoms with Crippen LogP contribution in [-0.4, -0.2) is 37.2 Å². The van der Waals surface area contributed by atoms with Gasteiger partial charge < -0.3 is 21.3 Å². The summed E-state index contributed by atoms with van der Waals surface area (Å²) in [6.45, 7) is 10.4. The van der Waals surface area contributed by atoms with Gasteiger partial charge in [-0.2, -0.15) is 0 Å². The van der Waals surface area contributed by atoms with Gasteiger partial charge in [-0.1, -0.05) is 79.1 Å². The van der Waals surface area contributed by atoms with Gasteiger partial charge in [-0.3, -0.25) is 0 Å². The Kier molecular flexibility index (Phi) is 14.4. The standard InChI is InChI=1S/C24H48N4O2/c1-19(2)13-7-5-11-17-25-23(29)27-21-15-9-10-16-22(21)28-24(30)26-18-12-6-8-14-20(3)4/h19-22H,5-18H2,1-4H3,(H2,25,27,29)(H2,26,28,30)/t21-,22-/m1/s1. The lowest BCUT2D eigenvalue weighted by Gasteiger charge is -2.32. The Bertz CT molecular complexity index is 426. The smallest absolute Gasteiger partial charge is 0.315 e. The summed E-state index contributed by atoms with van der Waals surface area (Å²) in [5.74, 6) is 1.50. The molecule has 0 aromatic carbocycles. The van der Waals surface area contributed by atoms with E-state index in [2.05, 4.69) is 49.0 Å². The second-order valence-electron chi connectivity index (χ2n) is 9.78. The molecule has 0 aromatic rings. The number of rotatable bonds is 14. The lowest BCUT2D eigenvalue weighted by Crippen LogP contribution is -2.56. The summed E-state index contributed by atoms with van der Waals surface area (Å²) in [5, 5.41) is 12.1. The second kappa shape index (κ2) is 16.3. The average Bonchev–Trinajstić information content (AvgIpc) is 2.68. The van der Waals surface area contributed by atoms with Crippen molar-refractivity contribution in [3.63, 3.8) is 0 Å². The fourth-order valence-electron chi connectivity index (χ4n) is 4.03. The number of hydrogen-bond donors (Lipinski definition) is 4. The van der Waals surface area contributed by atoms with Crippen LogP contribution >= 0.6 is 0 Å². The van der Waals surface area contributed by atoms with Gasteiger partial charge >= 0.3 is 12.1 Å². The van der Waals surface area contributed by atoms with Crippen LogP contribution in [0.4, 0.5) is 9.59 Å². The van der Waals surface area contributed by atoms with Gasteiger partial charge in [0.2, 0.25) is 0 Å². The highest BCUT2D eigenvalue weighted by atomic mass is 16.2. The number of nitrogens with one attached hydrogen (secondary N) is 4. The monoisotopic (exact) mass is 424 g/mol. The third kappa shape index (κ3) is 13.7. The molecule has 1 saturated carbocycles. The molecule has 0 aliphatic heterocycles. The van der Waals surface area contributed by atoms with Crippen LogP contribution in [0.5, 0.6) is 0 Å². The molecule has 1 fully saturated rings. The highest BCUT2D eigenvalue weighted by molar-refractivity contribution is 5.75. The first kappa shape index (κ1) is 26.6. The normalized spacial score (nSPS) is 19.0. The number of carbonyl (C=O) groups excluding carboxylic acids is 2. The van der Waals surface area contributed by atoms with Crippen molar-refractivity contribution in [1.29, 1.82) is 0 Å². The first-order valence-corrected chi connectivity index (χ1v) is 12.5. The summed E-state index contributed by atoms with van der Waals surface area (Å²) in [4.78, 5) is 24.5. The number of unbranched alkanes of at least 4 members (excludes halogenated alkanes) is 4. The minimum Gasteiger partial charge on any atom is -0.338 e. The lowest BCUT2D eigenvalue weighted by atomic mass is 9.90. The summed E-state index contributed by atoms with van der Waals surface area (Å²) in [6, 6.07) is -0.195. The zero-order chi connectivity index (χ0) is 22.2. The van der Waals surface area contributed by atoms with Gasteiger partial charge in [0.15, 0.2) is 0 Å². The molecule has 2 atom stereocenters. The summed E-state index contributed by atoms with van der Waals surface area (Å²) >= 11 is 0. The highest BCUT2D eigenvalue weighted by Gasteiger charge is 2.27. The van der Waals surface area contributed by atoms with Crippen molar-refractivity contribution in [1.82, 2.24) is 21.3 Å². The minimum absolute atomic E-state index is 0.0106. The fourth-order valence-corrected chi connectivity index (χ4v) is 4.03. The highest BCUT2D eigenvalue weighted by Crippen LogP contribution is 2.18. The van der Waals surface area contributed by atoms with E-state index in [1.54, 1.807) is 0 Å². The largest absolute Gasteiger partial charge is 0.338 e. The van der Waals surface area contributed by atoms with Gasteiger partial charge in [-0.25, -0.2) is 9.59 Å². The molecule has 6 nitrogen and oxygen atoms in total. The van der Waals surface area contributed by atoms with E-state index in [1.807, 2.05) is 0 Å². The van der Waals surface area contributed by atoms with Crippen LogP contribution in [0.15, 0.2) is 0 Å². The van der Waals surface area contributed by atoms with Crippen LogP contribution in [0.25, 0.3) is 0 Å². The molecule has 4 N–H and O–H groups in total. The zero-order valence-corrected chi connectivity index (χ0v) is 20.0.